The van der Waals surface area contributed by atoms with Gasteiger partial charge in [0.25, 0.3) is 0 Å². The lowest BCUT2D eigenvalue weighted by atomic mass is 10.5. The minimum absolute atomic E-state index is 1.14. The lowest BCUT2D eigenvalue weighted by Crippen LogP contribution is -2.25. The fraction of sp³-hybridized carbons (Fsp3) is 0.636. The summed E-state index contributed by atoms with van der Waals surface area (Å²) in [7, 11) is 0. The van der Waals surface area contributed by atoms with E-state index in [4.69, 9.17) is 0 Å². The predicted octanol–water partition coefficient (Wildman–Crippen LogP) is 4.09. The first-order valence-corrected chi connectivity index (χ1v) is 8.12. The van der Waals surface area contributed by atoms with Crippen LogP contribution in [-0.2, 0) is 5.75 Å². The summed E-state index contributed by atoms with van der Waals surface area (Å²) in [4.78, 5) is 3.93. The van der Waals surface area contributed by atoms with E-state index in [-0.39, 0.29) is 0 Å². The summed E-state index contributed by atoms with van der Waals surface area (Å²) in [5.41, 5.74) is 0. The standard InChI is InChI=1S/C11H18BrNS2/c1-3-13(4-2)6-8-14-9-11-10(12)5-7-15-11/h5,7H,3-4,6,8-9H2,1-2H3. The van der Waals surface area contributed by atoms with Gasteiger partial charge in [-0.15, -0.1) is 11.3 Å². The summed E-state index contributed by atoms with van der Waals surface area (Å²) in [6.45, 7) is 7.99. The molecule has 0 radical (unpaired) electrons. The molecular formula is C11H18BrNS2. The van der Waals surface area contributed by atoms with Crippen molar-refractivity contribution in [2.24, 2.45) is 0 Å². The van der Waals surface area contributed by atoms with Crippen molar-refractivity contribution in [1.29, 1.82) is 0 Å². The number of rotatable bonds is 7. The molecule has 0 spiro atoms. The highest BCUT2D eigenvalue weighted by Crippen LogP contribution is 2.26. The second-order valence-electron chi connectivity index (χ2n) is 3.27. The maximum Gasteiger partial charge on any atom is 0.0322 e. The molecule has 0 aliphatic carbocycles. The van der Waals surface area contributed by atoms with Crippen molar-refractivity contribution in [1.82, 2.24) is 4.90 Å². The molecule has 0 bridgehead atoms. The first kappa shape index (κ1) is 13.6. The maximum absolute atomic E-state index is 3.56. The van der Waals surface area contributed by atoms with Gasteiger partial charge in [-0.25, -0.2) is 0 Å². The average molecular weight is 308 g/mol. The Balaban J connectivity index is 2.14. The van der Waals surface area contributed by atoms with Gasteiger partial charge in [0, 0.05) is 27.4 Å². The highest BCUT2D eigenvalue weighted by Gasteiger charge is 2.02. The highest BCUT2D eigenvalue weighted by molar-refractivity contribution is 9.10. The molecule has 0 fully saturated rings. The first-order valence-electron chi connectivity index (χ1n) is 5.29. The molecule has 0 unspecified atom stereocenters. The van der Waals surface area contributed by atoms with Gasteiger partial charge in [-0.1, -0.05) is 13.8 Å². The Hall–Kier alpha value is 0.490. The molecule has 1 aromatic rings. The van der Waals surface area contributed by atoms with Crippen LogP contribution in [0.3, 0.4) is 0 Å². The molecule has 0 saturated carbocycles. The second kappa shape index (κ2) is 7.71. The monoisotopic (exact) mass is 307 g/mol. The van der Waals surface area contributed by atoms with Crippen molar-refractivity contribution in [3.63, 3.8) is 0 Å². The molecule has 1 aromatic heterocycles. The molecule has 1 rings (SSSR count). The lowest BCUT2D eigenvalue weighted by Gasteiger charge is -2.17. The summed E-state index contributed by atoms with van der Waals surface area (Å²) in [6, 6.07) is 2.13. The fourth-order valence-electron chi connectivity index (χ4n) is 1.33. The van der Waals surface area contributed by atoms with Crippen molar-refractivity contribution >= 4 is 39.0 Å². The van der Waals surface area contributed by atoms with Crippen LogP contribution in [0.1, 0.15) is 18.7 Å². The van der Waals surface area contributed by atoms with Crippen LogP contribution >= 0.6 is 39.0 Å². The minimum Gasteiger partial charge on any atom is -0.303 e. The molecular weight excluding hydrogens is 290 g/mol. The molecule has 0 atom stereocenters. The van der Waals surface area contributed by atoms with Gasteiger partial charge in [0.05, 0.1) is 0 Å². The van der Waals surface area contributed by atoms with Gasteiger partial charge in [0.15, 0.2) is 0 Å². The van der Waals surface area contributed by atoms with Crippen LogP contribution in [0.25, 0.3) is 0 Å². The number of halogens is 1. The van der Waals surface area contributed by atoms with Gasteiger partial charge < -0.3 is 4.90 Å². The van der Waals surface area contributed by atoms with Crippen molar-refractivity contribution in [2.45, 2.75) is 19.6 Å². The molecule has 15 heavy (non-hydrogen) atoms. The summed E-state index contributed by atoms with van der Waals surface area (Å²) < 4.78 is 1.27. The van der Waals surface area contributed by atoms with Gasteiger partial charge in [0.1, 0.15) is 0 Å². The van der Waals surface area contributed by atoms with E-state index in [0.717, 1.165) is 5.75 Å². The third kappa shape index (κ3) is 4.89. The molecule has 0 aliphatic rings. The number of thiophene rings is 1. The molecule has 0 aliphatic heterocycles. The predicted molar refractivity (Wildman–Crippen MR) is 76.0 cm³/mol. The van der Waals surface area contributed by atoms with Crippen LogP contribution in [0.5, 0.6) is 0 Å². The Morgan fingerprint density at radius 1 is 1.40 bits per heavy atom. The molecule has 4 heteroatoms. The van der Waals surface area contributed by atoms with Crippen LogP contribution in [-0.4, -0.2) is 30.3 Å². The fourth-order valence-corrected chi connectivity index (χ4v) is 4.18. The second-order valence-corrected chi connectivity index (χ2v) is 6.23. The van der Waals surface area contributed by atoms with Crippen molar-refractivity contribution < 1.29 is 0 Å². The molecule has 0 aromatic carbocycles. The van der Waals surface area contributed by atoms with E-state index in [1.165, 1.54) is 34.7 Å². The maximum atomic E-state index is 3.56. The van der Waals surface area contributed by atoms with Crippen molar-refractivity contribution in [2.75, 3.05) is 25.4 Å². The minimum atomic E-state index is 1.14. The quantitative estimate of drug-likeness (QED) is 0.698. The third-order valence-electron chi connectivity index (χ3n) is 2.37. The van der Waals surface area contributed by atoms with E-state index in [1.807, 2.05) is 23.1 Å². The number of thioether (sulfide) groups is 1. The van der Waals surface area contributed by atoms with Crippen molar-refractivity contribution in [3.05, 3.63) is 20.8 Å². The van der Waals surface area contributed by atoms with Gasteiger partial charge in [0.2, 0.25) is 0 Å². The molecule has 0 saturated heterocycles. The van der Waals surface area contributed by atoms with E-state index in [0.29, 0.717) is 0 Å². The van der Waals surface area contributed by atoms with Gasteiger partial charge in [-0.05, 0) is 40.5 Å². The molecule has 0 amide bonds. The summed E-state index contributed by atoms with van der Waals surface area (Å²) >= 11 is 7.42. The molecule has 1 nitrogen and oxygen atoms in total. The topological polar surface area (TPSA) is 3.24 Å². The smallest absolute Gasteiger partial charge is 0.0322 e. The Bertz CT molecular complexity index is 271. The number of hydrogen-bond donors (Lipinski definition) is 0. The van der Waals surface area contributed by atoms with Crippen LogP contribution in [0, 0.1) is 0 Å². The van der Waals surface area contributed by atoms with Crippen LogP contribution in [0.2, 0.25) is 0 Å². The zero-order valence-corrected chi connectivity index (χ0v) is 12.6. The zero-order chi connectivity index (χ0) is 11.1. The van der Waals surface area contributed by atoms with E-state index < -0.39 is 0 Å². The Morgan fingerprint density at radius 3 is 2.67 bits per heavy atom. The summed E-state index contributed by atoms with van der Waals surface area (Å²) in [5.74, 6) is 2.37. The highest BCUT2D eigenvalue weighted by atomic mass is 79.9. The molecule has 1 heterocycles. The van der Waals surface area contributed by atoms with E-state index in [2.05, 4.69) is 46.1 Å². The van der Waals surface area contributed by atoms with Gasteiger partial charge in [-0.3, -0.25) is 0 Å². The largest absolute Gasteiger partial charge is 0.303 e. The molecule has 0 N–H and O–H groups in total. The van der Waals surface area contributed by atoms with Gasteiger partial charge in [-0.2, -0.15) is 11.8 Å². The Kier molecular flexibility index (Phi) is 6.97. The van der Waals surface area contributed by atoms with E-state index >= 15 is 0 Å². The Labute approximate surface area is 109 Å². The van der Waals surface area contributed by atoms with Crippen LogP contribution in [0.4, 0.5) is 0 Å². The SMILES string of the molecule is CCN(CC)CCSCc1sccc1Br. The first-order chi connectivity index (χ1) is 7.27. The lowest BCUT2D eigenvalue weighted by molar-refractivity contribution is 0.324. The van der Waals surface area contributed by atoms with Crippen molar-refractivity contribution in [3.8, 4) is 0 Å². The van der Waals surface area contributed by atoms with Crippen LogP contribution < -0.4 is 0 Å². The van der Waals surface area contributed by atoms with E-state index in [1.54, 1.807) is 0 Å². The number of nitrogens with zero attached hydrogens (tertiary/aromatic N) is 1. The summed E-state index contributed by atoms with van der Waals surface area (Å²) in [6.07, 6.45) is 0. The Morgan fingerprint density at radius 2 is 2.13 bits per heavy atom. The van der Waals surface area contributed by atoms with Gasteiger partial charge >= 0.3 is 0 Å². The van der Waals surface area contributed by atoms with Crippen LogP contribution in [0.15, 0.2) is 15.9 Å². The molecule has 86 valence electrons. The normalized spacial score (nSPS) is 11.2. The average Bonchev–Trinajstić information content (AvgIpc) is 2.65. The van der Waals surface area contributed by atoms with E-state index in [9.17, 15) is 0 Å². The number of hydrogen-bond acceptors (Lipinski definition) is 3. The zero-order valence-electron chi connectivity index (χ0n) is 9.33. The summed E-state index contributed by atoms with van der Waals surface area (Å²) in [5, 5.41) is 2.14. The third-order valence-corrected chi connectivity index (χ3v) is 5.44.